The fourth-order valence-electron chi connectivity index (χ4n) is 1.95. The molecule has 0 aromatic carbocycles. The number of rotatable bonds is 3. The summed E-state index contributed by atoms with van der Waals surface area (Å²) in [5.74, 6) is 0. The predicted molar refractivity (Wildman–Crippen MR) is 62.0 cm³/mol. The molecule has 4 heteroatoms. The number of hydrogen-bond acceptors (Lipinski definition) is 3. The summed E-state index contributed by atoms with van der Waals surface area (Å²) in [5.41, 5.74) is 1.15. The van der Waals surface area contributed by atoms with Gasteiger partial charge in [-0.3, -0.25) is 9.88 Å². The van der Waals surface area contributed by atoms with Gasteiger partial charge in [-0.2, -0.15) is 0 Å². The summed E-state index contributed by atoms with van der Waals surface area (Å²) in [5, 5.41) is 4.13. The number of aromatic nitrogens is 1. The molecule has 1 aliphatic rings. The summed E-state index contributed by atoms with van der Waals surface area (Å²) in [4.78, 5) is 6.34. The molecule has 0 spiro atoms. The molecule has 0 saturated carbocycles. The van der Waals surface area contributed by atoms with Crippen LogP contribution in [-0.4, -0.2) is 36.1 Å². The highest BCUT2D eigenvalue weighted by Gasteiger charge is 2.19. The van der Waals surface area contributed by atoms with Crippen LogP contribution in [0.2, 0.25) is 5.02 Å². The van der Waals surface area contributed by atoms with Crippen LogP contribution in [0.5, 0.6) is 0 Å². The second-order valence-electron chi connectivity index (χ2n) is 4.03. The van der Waals surface area contributed by atoms with E-state index in [1.165, 1.54) is 6.42 Å². The Morgan fingerprint density at radius 2 is 2.53 bits per heavy atom. The summed E-state index contributed by atoms with van der Waals surface area (Å²) in [6.07, 6.45) is 4.72. The lowest BCUT2D eigenvalue weighted by Crippen LogP contribution is -2.32. The van der Waals surface area contributed by atoms with Crippen molar-refractivity contribution >= 4 is 11.6 Å². The standard InChI is InChI=1S/C11H16ClN3/c1-15(10-3-5-13-6-10)8-9-2-4-14-7-11(9)12/h2,4,7,10,13H,3,5-6,8H2,1H3. The van der Waals surface area contributed by atoms with Gasteiger partial charge in [0.1, 0.15) is 0 Å². The molecule has 1 saturated heterocycles. The van der Waals surface area contributed by atoms with Gasteiger partial charge >= 0.3 is 0 Å². The van der Waals surface area contributed by atoms with E-state index in [4.69, 9.17) is 11.6 Å². The van der Waals surface area contributed by atoms with E-state index in [9.17, 15) is 0 Å². The highest BCUT2D eigenvalue weighted by molar-refractivity contribution is 6.31. The number of hydrogen-bond donors (Lipinski definition) is 1. The number of pyridine rings is 1. The van der Waals surface area contributed by atoms with Crippen molar-refractivity contribution in [3.63, 3.8) is 0 Å². The molecular formula is C11H16ClN3. The Bertz CT molecular complexity index is 323. The minimum atomic E-state index is 0.634. The maximum absolute atomic E-state index is 6.07. The maximum atomic E-state index is 6.07. The van der Waals surface area contributed by atoms with E-state index < -0.39 is 0 Å². The van der Waals surface area contributed by atoms with Gasteiger partial charge in [-0.1, -0.05) is 11.6 Å². The molecule has 1 aliphatic heterocycles. The van der Waals surface area contributed by atoms with Gasteiger partial charge in [0.25, 0.3) is 0 Å². The van der Waals surface area contributed by atoms with E-state index in [-0.39, 0.29) is 0 Å². The minimum Gasteiger partial charge on any atom is -0.315 e. The number of likely N-dealkylation sites (N-methyl/N-ethyl adjacent to an activating group) is 1. The fraction of sp³-hybridized carbons (Fsp3) is 0.545. The van der Waals surface area contributed by atoms with E-state index in [0.717, 1.165) is 30.2 Å². The van der Waals surface area contributed by atoms with Crippen molar-refractivity contribution in [2.45, 2.75) is 19.0 Å². The topological polar surface area (TPSA) is 28.2 Å². The van der Waals surface area contributed by atoms with Gasteiger partial charge in [0.15, 0.2) is 0 Å². The van der Waals surface area contributed by atoms with Crippen LogP contribution in [0, 0.1) is 0 Å². The minimum absolute atomic E-state index is 0.634. The third-order valence-electron chi connectivity index (χ3n) is 2.93. The monoisotopic (exact) mass is 225 g/mol. The van der Waals surface area contributed by atoms with Crippen LogP contribution in [0.25, 0.3) is 0 Å². The van der Waals surface area contributed by atoms with Crippen molar-refractivity contribution in [1.82, 2.24) is 15.2 Å². The van der Waals surface area contributed by atoms with Crippen molar-refractivity contribution in [1.29, 1.82) is 0 Å². The van der Waals surface area contributed by atoms with Crippen molar-refractivity contribution in [3.8, 4) is 0 Å². The lowest BCUT2D eigenvalue weighted by atomic mass is 10.2. The zero-order valence-electron chi connectivity index (χ0n) is 8.91. The van der Waals surface area contributed by atoms with Crippen LogP contribution in [0.3, 0.4) is 0 Å². The quantitative estimate of drug-likeness (QED) is 0.846. The van der Waals surface area contributed by atoms with E-state index in [2.05, 4.69) is 22.2 Å². The first-order chi connectivity index (χ1) is 7.27. The molecule has 2 heterocycles. The van der Waals surface area contributed by atoms with Gasteiger partial charge in [0.2, 0.25) is 0 Å². The molecular weight excluding hydrogens is 210 g/mol. The van der Waals surface area contributed by atoms with Crippen LogP contribution in [0.1, 0.15) is 12.0 Å². The molecule has 0 amide bonds. The molecule has 82 valence electrons. The Balaban J connectivity index is 1.99. The highest BCUT2D eigenvalue weighted by Crippen LogP contribution is 2.17. The van der Waals surface area contributed by atoms with Crippen molar-refractivity contribution in [3.05, 3.63) is 29.0 Å². The van der Waals surface area contributed by atoms with Crippen molar-refractivity contribution in [2.24, 2.45) is 0 Å². The first kappa shape index (κ1) is 10.9. The van der Waals surface area contributed by atoms with E-state index in [1.54, 1.807) is 12.4 Å². The first-order valence-corrected chi connectivity index (χ1v) is 5.64. The normalized spacial score (nSPS) is 21.1. The highest BCUT2D eigenvalue weighted by atomic mass is 35.5. The third kappa shape index (κ3) is 2.68. The SMILES string of the molecule is CN(Cc1ccncc1Cl)C1CCNC1. The van der Waals surface area contributed by atoms with Gasteiger partial charge in [-0.25, -0.2) is 0 Å². The molecule has 1 aromatic rings. The molecule has 15 heavy (non-hydrogen) atoms. The van der Waals surface area contributed by atoms with Crippen LogP contribution >= 0.6 is 11.6 Å². The second kappa shape index (κ2) is 4.92. The molecule has 1 aromatic heterocycles. The lowest BCUT2D eigenvalue weighted by molar-refractivity contribution is 0.249. The van der Waals surface area contributed by atoms with E-state index in [1.807, 2.05) is 6.07 Å². The molecule has 1 unspecified atom stereocenters. The van der Waals surface area contributed by atoms with Crippen LogP contribution in [-0.2, 0) is 6.54 Å². The Morgan fingerprint density at radius 1 is 1.67 bits per heavy atom. The molecule has 0 radical (unpaired) electrons. The summed E-state index contributed by atoms with van der Waals surface area (Å²) in [6.45, 7) is 3.10. The van der Waals surface area contributed by atoms with Crippen LogP contribution in [0.4, 0.5) is 0 Å². The van der Waals surface area contributed by atoms with Gasteiger partial charge in [0, 0.05) is 31.5 Å². The smallest absolute Gasteiger partial charge is 0.0634 e. The van der Waals surface area contributed by atoms with Crippen LogP contribution < -0.4 is 5.32 Å². The molecule has 0 aliphatic carbocycles. The number of halogens is 1. The molecule has 2 rings (SSSR count). The first-order valence-electron chi connectivity index (χ1n) is 5.26. The van der Waals surface area contributed by atoms with Crippen molar-refractivity contribution in [2.75, 3.05) is 20.1 Å². The van der Waals surface area contributed by atoms with Gasteiger partial charge < -0.3 is 5.32 Å². The Labute approximate surface area is 95.4 Å². The molecule has 3 nitrogen and oxygen atoms in total. The Morgan fingerprint density at radius 3 is 3.20 bits per heavy atom. The molecule has 0 bridgehead atoms. The maximum Gasteiger partial charge on any atom is 0.0634 e. The molecule has 1 N–H and O–H groups in total. The Hall–Kier alpha value is -0.640. The lowest BCUT2D eigenvalue weighted by Gasteiger charge is -2.23. The molecule has 1 atom stereocenters. The van der Waals surface area contributed by atoms with Crippen LogP contribution in [0.15, 0.2) is 18.5 Å². The second-order valence-corrected chi connectivity index (χ2v) is 4.44. The fourth-order valence-corrected chi connectivity index (χ4v) is 2.12. The van der Waals surface area contributed by atoms with Crippen molar-refractivity contribution < 1.29 is 0 Å². The number of nitrogens with zero attached hydrogens (tertiary/aromatic N) is 2. The summed E-state index contributed by atoms with van der Waals surface area (Å²) >= 11 is 6.07. The van der Waals surface area contributed by atoms with Gasteiger partial charge in [0.05, 0.1) is 5.02 Å². The van der Waals surface area contributed by atoms with Gasteiger partial charge in [-0.05, 0) is 31.6 Å². The largest absolute Gasteiger partial charge is 0.315 e. The third-order valence-corrected chi connectivity index (χ3v) is 3.27. The zero-order chi connectivity index (χ0) is 10.7. The zero-order valence-corrected chi connectivity index (χ0v) is 9.67. The van der Waals surface area contributed by atoms with Gasteiger partial charge in [-0.15, -0.1) is 0 Å². The summed E-state index contributed by atoms with van der Waals surface area (Å²) < 4.78 is 0. The Kier molecular flexibility index (Phi) is 3.57. The molecule has 1 fully saturated rings. The number of nitrogens with one attached hydrogen (secondary N) is 1. The summed E-state index contributed by atoms with van der Waals surface area (Å²) in [6, 6.07) is 2.62. The van der Waals surface area contributed by atoms with E-state index in [0.29, 0.717) is 6.04 Å². The predicted octanol–water partition coefficient (Wildman–Crippen LogP) is 1.53. The van der Waals surface area contributed by atoms with E-state index >= 15 is 0 Å². The average Bonchev–Trinajstić information content (AvgIpc) is 2.74. The summed E-state index contributed by atoms with van der Waals surface area (Å²) in [7, 11) is 2.15. The average molecular weight is 226 g/mol.